The maximum atomic E-state index is 10.9. The number of benzene rings is 1. The predicted octanol–water partition coefficient (Wildman–Crippen LogP) is 1.74. The van der Waals surface area contributed by atoms with E-state index in [1.807, 2.05) is 6.07 Å². The third-order valence-electron chi connectivity index (χ3n) is 1.44. The van der Waals surface area contributed by atoms with Crippen LogP contribution < -0.4 is 5.32 Å². The predicted molar refractivity (Wildman–Crippen MR) is 50.5 cm³/mol. The highest BCUT2D eigenvalue weighted by molar-refractivity contribution is 6.29. The van der Waals surface area contributed by atoms with Gasteiger partial charge in [-0.15, -0.1) is 11.6 Å². The summed E-state index contributed by atoms with van der Waals surface area (Å²) in [6, 6.07) is 8.72. The van der Waals surface area contributed by atoms with Crippen molar-refractivity contribution in [2.24, 2.45) is 0 Å². The lowest BCUT2D eigenvalue weighted by Crippen LogP contribution is -2.13. The van der Waals surface area contributed by atoms with Gasteiger partial charge in [-0.2, -0.15) is 5.26 Å². The fourth-order valence-electron chi connectivity index (χ4n) is 0.873. The molecule has 0 bridgehead atoms. The fraction of sp³-hybridized carbons (Fsp3) is 0.111. The highest BCUT2D eigenvalue weighted by atomic mass is 35.5. The summed E-state index contributed by atoms with van der Waals surface area (Å²) in [5.74, 6) is -0.427. The van der Waals surface area contributed by atoms with Crippen LogP contribution in [-0.4, -0.2) is 11.8 Å². The number of carbonyl (C=O) groups excluding carboxylic acids is 1. The third kappa shape index (κ3) is 2.46. The molecule has 66 valence electrons. The molecule has 0 aliphatic carbocycles. The molecular weight excluding hydrogens is 188 g/mol. The molecule has 1 amide bonds. The highest BCUT2D eigenvalue weighted by Gasteiger charge is 2.03. The number of halogens is 1. The number of rotatable bonds is 2. The van der Waals surface area contributed by atoms with E-state index in [9.17, 15) is 4.79 Å². The van der Waals surface area contributed by atoms with E-state index >= 15 is 0 Å². The summed E-state index contributed by atoms with van der Waals surface area (Å²) in [6.45, 7) is 0. The number of para-hydroxylation sites is 1. The van der Waals surface area contributed by atoms with Crippen LogP contribution in [-0.2, 0) is 4.79 Å². The van der Waals surface area contributed by atoms with Gasteiger partial charge in [-0.1, -0.05) is 12.1 Å². The number of carbonyl (C=O) groups is 1. The van der Waals surface area contributed by atoms with Gasteiger partial charge in [-0.25, -0.2) is 0 Å². The molecule has 1 aromatic carbocycles. The van der Waals surface area contributed by atoms with E-state index in [2.05, 4.69) is 5.32 Å². The van der Waals surface area contributed by atoms with E-state index in [1.54, 1.807) is 24.3 Å². The molecule has 3 nitrogen and oxygen atoms in total. The molecule has 0 fully saturated rings. The first-order valence-electron chi connectivity index (χ1n) is 3.63. The van der Waals surface area contributed by atoms with Gasteiger partial charge in [-0.3, -0.25) is 4.79 Å². The standard InChI is InChI=1S/C9H7ClN2O/c10-5-9(13)12-8-4-2-1-3-7(8)6-11/h1-4H,5H2,(H,12,13). The van der Waals surface area contributed by atoms with Gasteiger partial charge >= 0.3 is 0 Å². The minimum Gasteiger partial charge on any atom is -0.324 e. The Morgan fingerprint density at radius 1 is 1.54 bits per heavy atom. The molecule has 0 radical (unpaired) electrons. The van der Waals surface area contributed by atoms with E-state index in [0.29, 0.717) is 11.3 Å². The Kier molecular flexibility index (Phi) is 3.30. The Labute approximate surface area is 80.9 Å². The zero-order valence-corrected chi connectivity index (χ0v) is 7.51. The molecule has 0 aliphatic heterocycles. The molecule has 1 N–H and O–H groups in total. The number of hydrogen-bond acceptors (Lipinski definition) is 2. The van der Waals surface area contributed by atoms with Crippen molar-refractivity contribution < 1.29 is 4.79 Å². The van der Waals surface area contributed by atoms with Gasteiger partial charge in [0.15, 0.2) is 0 Å². The summed E-state index contributed by atoms with van der Waals surface area (Å²) in [6.07, 6.45) is 0. The Balaban J connectivity index is 2.89. The molecular formula is C9H7ClN2O. The minimum absolute atomic E-state index is 0.111. The van der Waals surface area contributed by atoms with E-state index in [1.165, 1.54) is 0 Å². The first kappa shape index (κ1) is 9.56. The Morgan fingerprint density at radius 3 is 2.85 bits per heavy atom. The molecule has 0 saturated heterocycles. The summed E-state index contributed by atoms with van der Waals surface area (Å²) in [4.78, 5) is 10.9. The second-order valence-electron chi connectivity index (χ2n) is 2.34. The largest absolute Gasteiger partial charge is 0.324 e. The Hall–Kier alpha value is -1.53. The topological polar surface area (TPSA) is 52.9 Å². The Bertz CT molecular complexity index is 357. The van der Waals surface area contributed by atoms with Crippen molar-refractivity contribution in [1.82, 2.24) is 0 Å². The van der Waals surface area contributed by atoms with Crippen LogP contribution in [0, 0.1) is 11.3 Å². The molecule has 0 aromatic heterocycles. The van der Waals surface area contributed by atoms with Crippen molar-refractivity contribution in [2.45, 2.75) is 0 Å². The lowest BCUT2D eigenvalue weighted by atomic mass is 10.2. The van der Waals surface area contributed by atoms with Crippen LogP contribution in [0.1, 0.15) is 5.56 Å². The molecule has 13 heavy (non-hydrogen) atoms. The molecule has 0 saturated carbocycles. The van der Waals surface area contributed by atoms with Crippen molar-refractivity contribution in [2.75, 3.05) is 11.2 Å². The first-order valence-corrected chi connectivity index (χ1v) is 4.16. The summed E-state index contributed by atoms with van der Waals surface area (Å²) in [5, 5.41) is 11.2. The zero-order chi connectivity index (χ0) is 9.68. The molecule has 1 rings (SSSR count). The summed E-state index contributed by atoms with van der Waals surface area (Å²) in [5.41, 5.74) is 0.927. The van der Waals surface area contributed by atoms with Gasteiger partial charge in [0, 0.05) is 0 Å². The van der Waals surface area contributed by atoms with E-state index in [4.69, 9.17) is 16.9 Å². The van der Waals surface area contributed by atoms with Gasteiger partial charge < -0.3 is 5.32 Å². The van der Waals surface area contributed by atoms with Crippen LogP contribution in [0.25, 0.3) is 0 Å². The first-order chi connectivity index (χ1) is 6.27. The van der Waals surface area contributed by atoms with Crippen LogP contribution in [0.3, 0.4) is 0 Å². The zero-order valence-electron chi connectivity index (χ0n) is 6.75. The van der Waals surface area contributed by atoms with Crippen molar-refractivity contribution >= 4 is 23.2 Å². The van der Waals surface area contributed by atoms with Gasteiger partial charge in [0.2, 0.25) is 5.91 Å². The number of nitrogens with zero attached hydrogens (tertiary/aromatic N) is 1. The van der Waals surface area contributed by atoms with E-state index in [-0.39, 0.29) is 11.8 Å². The molecule has 0 heterocycles. The van der Waals surface area contributed by atoms with Crippen LogP contribution in [0.5, 0.6) is 0 Å². The van der Waals surface area contributed by atoms with Gasteiger partial charge in [0.1, 0.15) is 11.9 Å². The summed E-state index contributed by atoms with van der Waals surface area (Å²) in [7, 11) is 0. The van der Waals surface area contributed by atoms with Gasteiger partial charge in [0.05, 0.1) is 11.3 Å². The lowest BCUT2D eigenvalue weighted by molar-refractivity contribution is -0.113. The molecule has 4 heteroatoms. The SMILES string of the molecule is N#Cc1ccccc1NC(=O)CCl. The average molecular weight is 195 g/mol. The van der Waals surface area contributed by atoms with Crippen LogP contribution in [0.2, 0.25) is 0 Å². The molecule has 0 atom stereocenters. The van der Waals surface area contributed by atoms with Gasteiger partial charge in [-0.05, 0) is 12.1 Å². The number of amides is 1. The number of anilines is 1. The fourth-order valence-corrected chi connectivity index (χ4v) is 0.940. The van der Waals surface area contributed by atoms with E-state index < -0.39 is 0 Å². The molecule has 0 unspecified atom stereocenters. The number of nitriles is 1. The van der Waals surface area contributed by atoms with Crippen molar-refractivity contribution in [3.63, 3.8) is 0 Å². The second-order valence-corrected chi connectivity index (χ2v) is 2.61. The normalized spacial score (nSPS) is 8.92. The smallest absolute Gasteiger partial charge is 0.239 e. The van der Waals surface area contributed by atoms with Crippen molar-refractivity contribution in [3.8, 4) is 6.07 Å². The molecule has 0 spiro atoms. The molecule has 1 aromatic rings. The second kappa shape index (κ2) is 4.48. The highest BCUT2D eigenvalue weighted by Crippen LogP contribution is 2.13. The van der Waals surface area contributed by atoms with Crippen molar-refractivity contribution in [3.05, 3.63) is 29.8 Å². The maximum Gasteiger partial charge on any atom is 0.239 e. The third-order valence-corrected chi connectivity index (χ3v) is 1.69. The quantitative estimate of drug-likeness (QED) is 0.729. The van der Waals surface area contributed by atoms with Crippen molar-refractivity contribution in [1.29, 1.82) is 5.26 Å². The van der Waals surface area contributed by atoms with Crippen LogP contribution in [0.4, 0.5) is 5.69 Å². The summed E-state index contributed by atoms with van der Waals surface area (Å²) < 4.78 is 0. The minimum atomic E-state index is -0.315. The van der Waals surface area contributed by atoms with Crippen LogP contribution in [0.15, 0.2) is 24.3 Å². The number of nitrogens with one attached hydrogen (secondary N) is 1. The average Bonchev–Trinajstić information content (AvgIpc) is 2.18. The molecule has 0 aliphatic rings. The maximum absolute atomic E-state index is 10.9. The van der Waals surface area contributed by atoms with E-state index in [0.717, 1.165) is 0 Å². The number of hydrogen-bond donors (Lipinski definition) is 1. The monoisotopic (exact) mass is 194 g/mol. The summed E-state index contributed by atoms with van der Waals surface area (Å²) >= 11 is 5.30. The lowest BCUT2D eigenvalue weighted by Gasteiger charge is -2.03. The Morgan fingerprint density at radius 2 is 2.23 bits per heavy atom. The number of alkyl halides is 1. The van der Waals surface area contributed by atoms with Crippen LogP contribution >= 0.6 is 11.6 Å². The van der Waals surface area contributed by atoms with Gasteiger partial charge in [0.25, 0.3) is 0 Å².